The van der Waals surface area contributed by atoms with Gasteiger partial charge in [-0.1, -0.05) is 11.1 Å². The van der Waals surface area contributed by atoms with Crippen molar-refractivity contribution < 1.29 is 14.7 Å². The number of anilines is 1. The lowest BCUT2D eigenvalue weighted by Crippen LogP contribution is -2.42. The standard InChI is InChI=1S/C16H18INO3/c1-9-7-13(14(16(20)21)8-10(9)2)15(19)18-12-5-3-11(17)4-6-12/h3-6,13-14H,7-8H2,1-2H3,(H,18,19)(H,20,21)/p-1/t13-,14+/m0/s1. The maximum Gasteiger partial charge on any atom is 0.228 e. The lowest BCUT2D eigenvalue weighted by molar-refractivity contribution is -0.313. The number of carbonyl (C=O) groups is 2. The van der Waals surface area contributed by atoms with Gasteiger partial charge in [0.15, 0.2) is 0 Å². The van der Waals surface area contributed by atoms with E-state index in [1.807, 2.05) is 38.1 Å². The molecule has 112 valence electrons. The minimum Gasteiger partial charge on any atom is -0.550 e. The summed E-state index contributed by atoms with van der Waals surface area (Å²) in [6, 6.07) is 7.40. The van der Waals surface area contributed by atoms with E-state index in [2.05, 4.69) is 27.9 Å². The van der Waals surface area contributed by atoms with Gasteiger partial charge in [-0.2, -0.15) is 0 Å². The molecular weight excluding hydrogens is 381 g/mol. The third-order valence-corrected chi connectivity index (χ3v) is 4.74. The molecule has 0 saturated carbocycles. The number of aliphatic carboxylic acids is 1. The van der Waals surface area contributed by atoms with Gasteiger partial charge in [0.25, 0.3) is 0 Å². The summed E-state index contributed by atoms with van der Waals surface area (Å²) in [6.07, 6.45) is 0.861. The average Bonchev–Trinajstić information content (AvgIpc) is 2.43. The Hall–Kier alpha value is -1.37. The summed E-state index contributed by atoms with van der Waals surface area (Å²) in [5.74, 6) is -2.72. The number of hydrogen-bond donors (Lipinski definition) is 1. The first-order valence-corrected chi connectivity index (χ1v) is 7.89. The molecular formula is C16H17INO3-. The number of halogens is 1. The summed E-state index contributed by atoms with van der Waals surface area (Å²) in [5, 5.41) is 14.1. The van der Waals surface area contributed by atoms with Crippen LogP contribution in [0.5, 0.6) is 0 Å². The van der Waals surface area contributed by atoms with Crippen LogP contribution in [0.1, 0.15) is 26.7 Å². The fraction of sp³-hybridized carbons (Fsp3) is 0.375. The first-order chi connectivity index (χ1) is 9.88. The number of amides is 1. The molecule has 5 heteroatoms. The van der Waals surface area contributed by atoms with E-state index in [0.717, 1.165) is 14.7 Å². The zero-order valence-corrected chi connectivity index (χ0v) is 14.1. The Morgan fingerprint density at radius 1 is 1.10 bits per heavy atom. The number of benzene rings is 1. The summed E-state index contributed by atoms with van der Waals surface area (Å²) in [5.41, 5.74) is 2.82. The van der Waals surface area contributed by atoms with Crippen LogP contribution in [0.2, 0.25) is 0 Å². The lowest BCUT2D eigenvalue weighted by atomic mass is 9.76. The van der Waals surface area contributed by atoms with E-state index >= 15 is 0 Å². The van der Waals surface area contributed by atoms with Crippen molar-refractivity contribution in [2.24, 2.45) is 11.8 Å². The van der Waals surface area contributed by atoms with Gasteiger partial charge in [-0.25, -0.2) is 0 Å². The highest BCUT2D eigenvalue weighted by atomic mass is 127. The van der Waals surface area contributed by atoms with Crippen LogP contribution in [0.15, 0.2) is 35.4 Å². The third-order valence-electron chi connectivity index (χ3n) is 4.02. The minimum atomic E-state index is -1.15. The van der Waals surface area contributed by atoms with Gasteiger partial charge in [0.1, 0.15) is 0 Å². The zero-order valence-electron chi connectivity index (χ0n) is 12.0. The maximum absolute atomic E-state index is 12.4. The fourth-order valence-electron chi connectivity index (χ4n) is 2.58. The van der Waals surface area contributed by atoms with E-state index in [4.69, 9.17) is 0 Å². The number of hydrogen-bond acceptors (Lipinski definition) is 3. The summed E-state index contributed by atoms with van der Waals surface area (Å²) in [7, 11) is 0. The van der Waals surface area contributed by atoms with Crippen LogP contribution < -0.4 is 10.4 Å². The number of allylic oxidation sites excluding steroid dienone is 2. The topological polar surface area (TPSA) is 69.2 Å². The van der Waals surface area contributed by atoms with Crippen LogP contribution in [0.4, 0.5) is 5.69 Å². The quantitative estimate of drug-likeness (QED) is 0.628. The highest BCUT2D eigenvalue weighted by Gasteiger charge is 2.33. The lowest BCUT2D eigenvalue weighted by Gasteiger charge is -2.32. The Labute approximate surface area is 137 Å². The Morgan fingerprint density at radius 2 is 1.62 bits per heavy atom. The van der Waals surface area contributed by atoms with Crippen LogP contribution in [0.3, 0.4) is 0 Å². The maximum atomic E-state index is 12.4. The molecule has 1 amide bonds. The van der Waals surface area contributed by atoms with Gasteiger partial charge >= 0.3 is 0 Å². The molecule has 1 aliphatic rings. The average molecular weight is 398 g/mol. The van der Waals surface area contributed by atoms with Crippen LogP contribution in [-0.2, 0) is 9.59 Å². The first-order valence-electron chi connectivity index (χ1n) is 6.81. The highest BCUT2D eigenvalue weighted by molar-refractivity contribution is 14.1. The van der Waals surface area contributed by atoms with Crippen molar-refractivity contribution >= 4 is 40.2 Å². The van der Waals surface area contributed by atoms with Gasteiger partial charge in [-0.15, -0.1) is 0 Å². The molecule has 0 spiro atoms. The summed E-state index contributed by atoms with van der Waals surface area (Å²) < 4.78 is 1.07. The first kappa shape index (κ1) is 16.0. The van der Waals surface area contributed by atoms with E-state index < -0.39 is 17.8 Å². The number of carbonyl (C=O) groups excluding carboxylic acids is 2. The second-order valence-electron chi connectivity index (χ2n) is 5.50. The van der Waals surface area contributed by atoms with Gasteiger partial charge in [0.2, 0.25) is 5.91 Å². The van der Waals surface area contributed by atoms with Crippen molar-refractivity contribution in [1.29, 1.82) is 0 Å². The van der Waals surface area contributed by atoms with Gasteiger partial charge in [-0.05, 0) is 73.5 Å². The molecule has 0 fully saturated rings. The van der Waals surface area contributed by atoms with E-state index in [-0.39, 0.29) is 5.91 Å². The van der Waals surface area contributed by atoms with E-state index in [1.54, 1.807) is 0 Å². The number of carboxylic acids is 1. The zero-order chi connectivity index (χ0) is 15.6. The number of nitrogens with one attached hydrogen (secondary N) is 1. The molecule has 0 aromatic heterocycles. The molecule has 1 N–H and O–H groups in total. The third kappa shape index (κ3) is 3.84. The molecule has 0 bridgehead atoms. The molecule has 0 aliphatic heterocycles. The largest absolute Gasteiger partial charge is 0.550 e. The van der Waals surface area contributed by atoms with Gasteiger partial charge in [0, 0.05) is 21.1 Å². The smallest absolute Gasteiger partial charge is 0.228 e. The summed E-state index contributed by atoms with van der Waals surface area (Å²) >= 11 is 2.19. The molecule has 2 rings (SSSR count). The van der Waals surface area contributed by atoms with Crippen LogP contribution in [0, 0.1) is 15.4 Å². The van der Waals surface area contributed by atoms with Crippen molar-refractivity contribution in [3.8, 4) is 0 Å². The molecule has 1 aromatic rings. The second-order valence-corrected chi connectivity index (χ2v) is 6.74. The van der Waals surface area contributed by atoms with Gasteiger partial charge in [-0.3, -0.25) is 4.79 Å². The van der Waals surface area contributed by atoms with Gasteiger partial charge < -0.3 is 15.2 Å². The molecule has 4 nitrogen and oxygen atoms in total. The van der Waals surface area contributed by atoms with E-state index in [0.29, 0.717) is 18.5 Å². The minimum absolute atomic E-state index is 0.253. The molecule has 0 heterocycles. The molecule has 21 heavy (non-hydrogen) atoms. The number of rotatable bonds is 3. The van der Waals surface area contributed by atoms with Crippen molar-refractivity contribution in [2.45, 2.75) is 26.7 Å². The Kier molecular flexibility index (Phi) is 5.03. The summed E-state index contributed by atoms with van der Waals surface area (Å²) in [4.78, 5) is 23.7. The summed E-state index contributed by atoms with van der Waals surface area (Å²) in [6.45, 7) is 3.87. The van der Waals surface area contributed by atoms with Gasteiger partial charge in [0.05, 0.1) is 5.92 Å². The van der Waals surface area contributed by atoms with Crippen molar-refractivity contribution in [3.63, 3.8) is 0 Å². The molecule has 0 saturated heterocycles. The monoisotopic (exact) mass is 398 g/mol. The van der Waals surface area contributed by atoms with Crippen molar-refractivity contribution in [1.82, 2.24) is 0 Å². The highest BCUT2D eigenvalue weighted by Crippen LogP contribution is 2.34. The van der Waals surface area contributed by atoms with Crippen LogP contribution >= 0.6 is 22.6 Å². The van der Waals surface area contributed by atoms with Crippen LogP contribution in [0.25, 0.3) is 0 Å². The Balaban J connectivity index is 2.16. The number of carboxylic acid groups (broad SMARTS) is 1. The molecule has 2 atom stereocenters. The Morgan fingerprint density at radius 3 is 2.14 bits per heavy atom. The van der Waals surface area contributed by atoms with Crippen molar-refractivity contribution in [2.75, 3.05) is 5.32 Å². The molecule has 0 radical (unpaired) electrons. The fourth-order valence-corrected chi connectivity index (χ4v) is 2.94. The predicted octanol–water partition coefficient (Wildman–Crippen LogP) is 2.34. The Bertz CT molecular complexity index is 592. The van der Waals surface area contributed by atoms with Crippen molar-refractivity contribution in [3.05, 3.63) is 39.0 Å². The second kappa shape index (κ2) is 6.60. The molecule has 1 aromatic carbocycles. The SMILES string of the molecule is CC1=C(C)C[C@@H](C(=O)[O-])[C@@H](C(=O)Nc2ccc(I)cc2)C1. The predicted molar refractivity (Wildman–Crippen MR) is 87.4 cm³/mol. The van der Waals surface area contributed by atoms with E-state index in [1.165, 1.54) is 0 Å². The molecule has 0 unspecified atom stereocenters. The van der Waals surface area contributed by atoms with E-state index in [9.17, 15) is 14.7 Å². The van der Waals surface area contributed by atoms with Crippen LogP contribution in [-0.4, -0.2) is 11.9 Å². The molecule has 1 aliphatic carbocycles. The normalized spacial score (nSPS) is 22.0.